The van der Waals surface area contributed by atoms with Gasteiger partial charge >= 0.3 is 24.1 Å². The lowest BCUT2D eigenvalue weighted by molar-refractivity contribution is -0.153. The molecule has 5 atom stereocenters. The van der Waals surface area contributed by atoms with Gasteiger partial charge in [-0.25, -0.2) is 14.4 Å². The van der Waals surface area contributed by atoms with Crippen LogP contribution in [-0.2, 0) is 28.6 Å². The van der Waals surface area contributed by atoms with Crippen LogP contribution in [-0.4, -0.2) is 89.8 Å². The second-order valence-corrected chi connectivity index (χ2v) is 18.4. The molecule has 2 aliphatic heterocycles. The number of fused-ring (bicyclic) bond motifs is 1. The Labute approximate surface area is 348 Å². The smallest absolute Gasteiger partial charge is 0.408 e. The van der Waals surface area contributed by atoms with Gasteiger partial charge in [-0.15, -0.1) is 11.6 Å². The van der Waals surface area contributed by atoms with Gasteiger partial charge in [0.2, 0.25) is 5.91 Å². The summed E-state index contributed by atoms with van der Waals surface area (Å²) in [5.74, 6) is -0.194. The highest BCUT2D eigenvalue weighted by atomic mass is 35.5. The molecule has 12 nitrogen and oxygen atoms in total. The number of halogens is 1. The lowest BCUT2D eigenvalue weighted by Gasteiger charge is -2.38. The number of allylic oxidation sites excluding steroid dienone is 8. The Bertz CT molecular complexity index is 1580. The van der Waals surface area contributed by atoms with Gasteiger partial charge in [-0.05, 0) is 97.1 Å². The van der Waals surface area contributed by atoms with Gasteiger partial charge in [-0.2, -0.15) is 11.8 Å². The average molecular weight is 834 g/mol. The Kier molecular flexibility index (Phi) is 19.3. The number of amides is 4. The maximum atomic E-state index is 13.6. The van der Waals surface area contributed by atoms with Gasteiger partial charge in [0.25, 0.3) is 0 Å². The van der Waals surface area contributed by atoms with Gasteiger partial charge < -0.3 is 35.5 Å². The van der Waals surface area contributed by atoms with Crippen LogP contribution in [0.4, 0.5) is 9.59 Å². The largest absolute Gasteiger partial charge is 0.461 e. The number of urea groups is 1. The summed E-state index contributed by atoms with van der Waals surface area (Å²) < 4.78 is 16.5. The van der Waals surface area contributed by atoms with Crippen LogP contribution in [0.2, 0.25) is 0 Å². The summed E-state index contributed by atoms with van der Waals surface area (Å²) in [7, 11) is 0. The van der Waals surface area contributed by atoms with E-state index in [1.807, 2.05) is 49.9 Å². The number of ether oxygens (including phenoxy) is 3. The Morgan fingerprint density at radius 3 is 2.51 bits per heavy atom. The van der Waals surface area contributed by atoms with Crippen LogP contribution in [0.1, 0.15) is 113 Å². The fraction of sp³-hybridized carbons (Fsp3) is 0.651. The topological polar surface area (TPSA) is 161 Å². The van der Waals surface area contributed by atoms with Crippen molar-refractivity contribution in [2.75, 3.05) is 24.8 Å². The van der Waals surface area contributed by atoms with Crippen LogP contribution in [0.5, 0.6) is 0 Å². The van der Waals surface area contributed by atoms with E-state index in [0.717, 1.165) is 41.7 Å². The number of thioether (sulfide) groups is 1. The van der Waals surface area contributed by atoms with Gasteiger partial charge in [-0.1, -0.05) is 67.4 Å². The molecule has 4 N–H and O–H groups in total. The zero-order chi connectivity index (χ0) is 42.2. The predicted octanol–water partition coefficient (Wildman–Crippen LogP) is 7.73. The van der Waals surface area contributed by atoms with Crippen molar-refractivity contribution in [1.29, 1.82) is 0 Å². The molecule has 0 aromatic heterocycles. The van der Waals surface area contributed by atoms with E-state index in [-0.39, 0.29) is 48.0 Å². The van der Waals surface area contributed by atoms with Crippen molar-refractivity contribution in [3.05, 3.63) is 58.7 Å². The normalized spacial score (nSPS) is 22.9. The number of alkyl carbamates (subject to hydrolysis) is 1. The standard InChI is InChI=1S/C43H65ClN4O8S/c1-28(14-13-15-29(2)21-23-54-37(50)26-44)19-20-32-30(3)24-31(25-43(32,7)8)55-39(51)33(47-41(53)56-42(4,5)6)16-11-12-22-45-36(49)18-10-9-17-35-38-34(27-57-35)46-40(52)48-38/h13-15,19-21,31,33-35,38H,9-12,16-18,22-27H2,1-8H3,(H,45,49)(H,47,53)(H2,46,48,52)/b15-13+,20-19+,28-14+,29-21+/t31-,33+,34+,35+,38+/m1/s1. The second-order valence-electron chi connectivity index (χ2n) is 16.8. The molecule has 2 saturated heterocycles. The molecule has 0 unspecified atom stereocenters. The number of esters is 2. The molecule has 3 aliphatic rings. The van der Waals surface area contributed by atoms with Gasteiger partial charge in [0.05, 0.1) is 12.1 Å². The molecule has 0 saturated carbocycles. The average Bonchev–Trinajstić information content (AvgIpc) is 3.66. The van der Waals surface area contributed by atoms with E-state index in [1.165, 1.54) is 5.57 Å². The van der Waals surface area contributed by atoms with E-state index in [1.54, 1.807) is 20.8 Å². The van der Waals surface area contributed by atoms with Gasteiger partial charge in [0.1, 0.15) is 30.2 Å². The van der Waals surface area contributed by atoms with Crippen LogP contribution in [0.3, 0.4) is 0 Å². The number of carbonyl (C=O) groups is 5. The van der Waals surface area contributed by atoms with Crippen molar-refractivity contribution in [3.63, 3.8) is 0 Å². The fourth-order valence-corrected chi connectivity index (χ4v) is 8.86. The van der Waals surface area contributed by atoms with Gasteiger partial charge in [-0.3, -0.25) is 9.59 Å². The lowest BCUT2D eigenvalue weighted by Crippen LogP contribution is -2.46. The summed E-state index contributed by atoms with van der Waals surface area (Å²) in [5, 5.41) is 12.1. The molecular weight excluding hydrogens is 768 g/mol. The highest BCUT2D eigenvalue weighted by Crippen LogP contribution is 2.42. The quantitative estimate of drug-likeness (QED) is 0.0240. The lowest BCUT2D eigenvalue weighted by atomic mass is 9.71. The van der Waals surface area contributed by atoms with Crippen molar-refractivity contribution in [2.24, 2.45) is 5.41 Å². The zero-order valence-electron chi connectivity index (χ0n) is 35.1. The molecule has 0 aromatic carbocycles. The third-order valence-electron chi connectivity index (χ3n) is 10.0. The minimum Gasteiger partial charge on any atom is -0.461 e. The second kappa shape index (κ2) is 23.0. The highest BCUT2D eigenvalue weighted by Gasteiger charge is 2.42. The highest BCUT2D eigenvalue weighted by molar-refractivity contribution is 8.00. The van der Waals surface area contributed by atoms with Crippen LogP contribution in [0, 0.1) is 5.41 Å². The van der Waals surface area contributed by atoms with Gasteiger partial charge in [0, 0.05) is 30.4 Å². The first kappa shape index (κ1) is 47.7. The molecule has 0 aromatic rings. The number of unbranched alkanes of at least 4 members (excludes halogenated alkanes) is 2. The Morgan fingerprint density at radius 1 is 1.05 bits per heavy atom. The van der Waals surface area contributed by atoms with Gasteiger partial charge in [0.15, 0.2) is 0 Å². The zero-order valence-corrected chi connectivity index (χ0v) is 36.7. The number of carbonyl (C=O) groups excluding carboxylic acids is 5. The molecule has 2 fully saturated rings. The van der Waals surface area contributed by atoms with Crippen molar-refractivity contribution in [2.45, 2.75) is 148 Å². The van der Waals surface area contributed by atoms with E-state index >= 15 is 0 Å². The molecule has 318 valence electrons. The SMILES string of the molecule is CC1=C(/C=C/C(C)=C/C=C/C(C)=C/COC(=O)CCl)C(C)(C)C[C@H](OC(=O)[C@H](CCCCNC(=O)CCCC[C@@H]2SC[C@@H]3NC(=O)N[C@@H]32)NC(=O)OC(C)(C)C)C1. The van der Waals surface area contributed by atoms with Crippen molar-refractivity contribution < 1.29 is 38.2 Å². The molecule has 0 spiro atoms. The Morgan fingerprint density at radius 2 is 1.81 bits per heavy atom. The Balaban J connectivity index is 1.48. The summed E-state index contributed by atoms with van der Waals surface area (Å²) >= 11 is 7.33. The fourth-order valence-electron chi connectivity index (χ4n) is 7.24. The summed E-state index contributed by atoms with van der Waals surface area (Å²) in [4.78, 5) is 61.7. The first-order valence-corrected chi connectivity index (χ1v) is 21.7. The number of nitrogens with one attached hydrogen (secondary N) is 4. The molecule has 3 rings (SSSR count). The van der Waals surface area contributed by atoms with Crippen LogP contribution in [0.15, 0.2) is 58.7 Å². The van der Waals surface area contributed by atoms with Crippen molar-refractivity contribution in [3.8, 4) is 0 Å². The first-order chi connectivity index (χ1) is 26.9. The minimum absolute atomic E-state index is 0.00442. The molecular formula is C43H65ClN4O8S. The van der Waals surface area contributed by atoms with E-state index in [2.05, 4.69) is 54.2 Å². The summed E-state index contributed by atoms with van der Waals surface area (Å²) in [6.45, 7) is 16.2. The van der Waals surface area contributed by atoms with Crippen LogP contribution < -0.4 is 21.3 Å². The van der Waals surface area contributed by atoms with E-state index in [9.17, 15) is 24.0 Å². The van der Waals surface area contributed by atoms with Crippen molar-refractivity contribution in [1.82, 2.24) is 21.3 Å². The molecule has 1 aliphatic carbocycles. The monoisotopic (exact) mass is 832 g/mol. The summed E-state index contributed by atoms with van der Waals surface area (Å²) in [5.41, 5.74) is 3.34. The first-order valence-electron chi connectivity index (χ1n) is 20.1. The maximum absolute atomic E-state index is 13.6. The number of rotatable bonds is 20. The molecule has 0 radical (unpaired) electrons. The maximum Gasteiger partial charge on any atom is 0.408 e. The third-order valence-corrected chi connectivity index (χ3v) is 11.8. The number of alkyl halides is 1. The minimum atomic E-state index is -0.892. The molecule has 2 heterocycles. The van der Waals surface area contributed by atoms with E-state index < -0.39 is 29.7 Å². The Hall–Kier alpha value is -3.71. The molecule has 0 bridgehead atoms. The number of hydrogen-bond donors (Lipinski definition) is 4. The number of hydrogen-bond acceptors (Lipinski definition) is 9. The van der Waals surface area contributed by atoms with Crippen molar-refractivity contribution >= 4 is 53.3 Å². The van der Waals surface area contributed by atoms with Crippen LogP contribution >= 0.6 is 23.4 Å². The third kappa shape index (κ3) is 17.4. The molecule has 4 amide bonds. The molecule has 57 heavy (non-hydrogen) atoms. The van der Waals surface area contributed by atoms with Crippen LogP contribution in [0.25, 0.3) is 0 Å². The molecule has 14 heteroatoms. The summed E-state index contributed by atoms with van der Waals surface area (Å²) in [6.07, 6.45) is 16.7. The van der Waals surface area contributed by atoms with E-state index in [4.69, 9.17) is 25.8 Å². The van der Waals surface area contributed by atoms with E-state index in [0.29, 0.717) is 50.3 Å². The summed E-state index contributed by atoms with van der Waals surface area (Å²) in [6, 6.07) is -0.599. The predicted molar refractivity (Wildman–Crippen MR) is 227 cm³/mol.